The number of hydrogen-bond donors (Lipinski definition) is 0. The van der Waals surface area contributed by atoms with Crippen molar-refractivity contribution >= 4 is 60.9 Å². The zero-order chi connectivity index (χ0) is 22.9. The fourth-order valence-corrected chi connectivity index (χ4v) is 5.80. The third-order valence-corrected chi connectivity index (χ3v) is 7.20. The molecule has 8 aromatic rings. The first-order valence-electron chi connectivity index (χ1n) is 12.0. The van der Waals surface area contributed by atoms with Crippen molar-refractivity contribution in [3.8, 4) is 0 Å². The summed E-state index contributed by atoms with van der Waals surface area (Å²) < 4.78 is 4.86. The van der Waals surface area contributed by atoms with Crippen molar-refractivity contribution in [2.24, 2.45) is 0 Å². The maximum absolute atomic E-state index is 2.44. The highest BCUT2D eigenvalue weighted by Gasteiger charge is 2.23. The lowest BCUT2D eigenvalue weighted by atomic mass is 10.1. The van der Waals surface area contributed by atoms with Crippen LogP contribution in [0.3, 0.4) is 0 Å². The van der Waals surface area contributed by atoms with Crippen LogP contribution in [0.1, 0.15) is 0 Å². The first-order valence-corrected chi connectivity index (χ1v) is 12.0. The molecule has 3 nitrogen and oxygen atoms in total. The van der Waals surface area contributed by atoms with Crippen molar-refractivity contribution in [3.63, 3.8) is 0 Å². The minimum Gasteiger partial charge on any atom is -0.310 e. The molecular formula is C32H21N3. The molecule has 8 rings (SSSR count). The van der Waals surface area contributed by atoms with Gasteiger partial charge in [0.1, 0.15) is 5.65 Å². The van der Waals surface area contributed by atoms with Gasteiger partial charge < -0.3 is 4.90 Å². The van der Waals surface area contributed by atoms with E-state index in [-0.39, 0.29) is 0 Å². The summed E-state index contributed by atoms with van der Waals surface area (Å²) in [5, 5.41) is 3.91. The fraction of sp³-hybridized carbons (Fsp3) is 0. The Morgan fingerprint density at radius 2 is 0.914 bits per heavy atom. The average Bonchev–Trinajstić information content (AvgIpc) is 3.55. The molecule has 0 unspecified atom stereocenters. The number of anilines is 3. The molecule has 0 spiro atoms. The van der Waals surface area contributed by atoms with Gasteiger partial charge in [-0.05, 0) is 54.6 Å². The van der Waals surface area contributed by atoms with E-state index in [9.17, 15) is 0 Å². The van der Waals surface area contributed by atoms with E-state index in [1.54, 1.807) is 0 Å². The van der Waals surface area contributed by atoms with Crippen LogP contribution >= 0.6 is 0 Å². The van der Waals surface area contributed by atoms with Gasteiger partial charge in [0.15, 0.2) is 0 Å². The van der Waals surface area contributed by atoms with Crippen LogP contribution in [-0.4, -0.2) is 8.80 Å². The molecule has 0 bridgehead atoms. The topological polar surface area (TPSA) is 12.1 Å². The second-order valence-corrected chi connectivity index (χ2v) is 9.08. The Hall–Kier alpha value is -4.76. The van der Waals surface area contributed by atoms with Gasteiger partial charge in [0.25, 0.3) is 0 Å². The van der Waals surface area contributed by atoms with E-state index in [0.717, 1.165) is 17.1 Å². The van der Waals surface area contributed by atoms with E-state index in [0.29, 0.717) is 0 Å². The van der Waals surface area contributed by atoms with E-state index in [2.05, 4.69) is 141 Å². The number of nitrogens with zero attached hydrogens (tertiary/aromatic N) is 3. The first-order chi connectivity index (χ1) is 17.4. The standard InChI is InChI=1S/C32H21N3/c1-3-11-22(12-4-1)33(23-13-5-2-6-14-23)24-19-20-26-30(21-24)35-29-18-10-9-17-28(29)34-27-16-8-7-15-25(27)31(26)32(34)35/h1-21H. The molecule has 0 saturated heterocycles. The summed E-state index contributed by atoms with van der Waals surface area (Å²) in [5.74, 6) is 0. The second-order valence-electron chi connectivity index (χ2n) is 9.08. The molecule has 0 aliphatic carbocycles. The Bertz CT molecular complexity index is 1950. The molecule has 0 aliphatic rings. The Balaban J connectivity index is 1.51. The quantitative estimate of drug-likeness (QED) is 0.264. The molecule has 3 aromatic heterocycles. The van der Waals surface area contributed by atoms with Crippen LogP contribution in [-0.2, 0) is 0 Å². The molecule has 0 fully saturated rings. The van der Waals surface area contributed by atoms with E-state index < -0.39 is 0 Å². The van der Waals surface area contributed by atoms with Gasteiger partial charge in [-0.1, -0.05) is 72.8 Å². The molecule has 164 valence electrons. The summed E-state index contributed by atoms with van der Waals surface area (Å²) in [5.41, 5.74) is 9.65. The van der Waals surface area contributed by atoms with Crippen LogP contribution in [0.5, 0.6) is 0 Å². The molecule has 5 aromatic carbocycles. The largest absolute Gasteiger partial charge is 0.310 e. The number of para-hydroxylation sites is 5. The Labute approximate surface area is 202 Å². The van der Waals surface area contributed by atoms with Gasteiger partial charge >= 0.3 is 0 Å². The zero-order valence-electron chi connectivity index (χ0n) is 19.0. The maximum Gasteiger partial charge on any atom is 0.131 e. The summed E-state index contributed by atoms with van der Waals surface area (Å²) >= 11 is 0. The summed E-state index contributed by atoms with van der Waals surface area (Å²) in [6, 6.07) is 45.6. The zero-order valence-corrected chi connectivity index (χ0v) is 19.0. The summed E-state index contributed by atoms with van der Waals surface area (Å²) in [6.07, 6.45) is 0. The number of fused-ring (bicyclic) bond motifs is 9. The van der Waals surface area contributed by atoms with Crippen molar-refractivity contribution < 1.29 is 0 Å². The van der Waals surface area contributed by atoms with Crippen LogP contribution in [0, 0.1) is 0 Å². The van der Waals surface area contributed by atoms with Crippen molar-refractivity contribution in [1.82, 2.24) is 8.80 Å². The lowest BCUT2D eigenvalue weighted by molar-refractivity contribution is 1.27. The van der Waals surface area contributed by atoms with Crippen molar-refractivity contribution in [2.75, 3.05) is 4.90 Å². The highest BCUT2D eigenvalue weighted by Crippen LogP contribution is 2.43. The van der Waals surface area contributed by atoms with E-state index in [1.165, 1.54) is 43.9 Å². The van der Waals surface area contributed by atoms with Crippen molar-refractivity contribution in [1.29, 1.82) is 0 Å². The molecule has 0 saturated carbocycles. The number of benzene rings is 5. The number of hydrogen-bond acceptors (Lipinski definition) is 1. The van der Waals surface area contributed by atoms with Gasteiger partial charge in [-0.15, -0.1) is 0 Å². The van der Waals surface area contributed by atoms with Crippen LogP contribution in [0.2, 0.25) is 0 Å². The average molecular weight is 448 g/mol. The molecule has 0 atom stereocenters. The Kier molecular flexibility index (Phi) is 3.66. The minimum absolute atomic E-state index is 1.14. The molecule has 0 N–H and O–H groups in total. The molecule has 0 aliphatic heterocycles. The van der Waals surface area contributed by atoms with Crippen molar-refractivity contribution in [3.05, 3.63) is 127 Å². The first kappa shape index (κ1) is 18.6. The monoisotopic (exact) mass is 447 g/mol. The van der Waals surface area contributed by atoms with Gasteiger partial charge in [0.2, 0.25) is 0 Å². The maximum atomic E-state index is 2.44. The fourth-order valence-electron chi connectivity index (χ4n) is 5.80. The predicted octanol–water partition coefficient (Wildman–Crippen LogP) is 8.56. The van der Waals surface area contributed by atoms with E-state index in [1.807, 2.05) is 0 Å². The molecular weight excluding hydrogens is 426 g/mol. The van der Waals surface area contributed by atoms with Crippen LogP contribution < -0.4 is 4.90 Å². The highest BCUT2D eigenvalue weighted by atomic mass is 15.1. The lowest BCUT2D eigenvalue weighted by Crippen LogP contribution is -2.09. The van der Waals surface area contributed by atoms with Crippen molar-refractivity contribution in [2.45, 2.75) is 0 Å². The smallest absolute Gasteiger partial charge is 0.131 e. The molecule has 3 heterocycles. The number of aromatic nitrogens is 2. The third-order valence-electron chi connectivity index (χ3n) is 7.20. The Morgan fingerprint density at radius 3 is 1.57 bits per heavy atom. The predicted molar refractivity (Wildman–Crippen MR) is 147 cm³/mol. The SMILES string of the molecule is c1ccc(N(c2ccccc2)c2ccc3c4c5ccccc5n5c6ccccc6n(c3c2)c45)cc1. The lowest BCUT2D eigenvalue weighted by Gasteiger charge is -2.25. The second kappa shape index (κ2) is 6.87. The number of rotatable bonds is 3. The molecule has 3 heteroatoms. The van der Waals surface area contributed by atoms with Gasteiger partial charge in [-0.3, -0.25) is 8.80 Å². The van der Waals surface area contributed by atoms with Crippen LogP contribution in [0.25, 0.3) is 43.9 Å². The highest BCUT2D eigenvalue weighted by molar-refractivity contribution is 6.24. The molecule has 0 radical (unpaired) electrons. The van der Waals surface area contributed by atoms with Gasteiger partial charge in [0, 0.05) is 33.2 Å². The summed E-state index contributed by atoms with van der Waals surface area (Å²) in [6.45, 7) is 0. The Morgan fingerprint density at radius 1 is 0.400 bits per heavy atom. The summed E-state index contributed by atoms with van der Waals surface area (Å²) in [7, 11) is 0. The summed E-state index contributed by atoms with van der Waals surface area (Å²) in [4.78, 5) is 2.33. The normalized spacial score (nSPS) is 12.0. The third kappa shape index (κ3) is 2.44. The molecule has 35 heavy (non-hydrogen) atoms. The van der Waals surface area contributed by atoms with E-state index >= 15 is 0 Å². The van der Waals surface area contributed by atoms with E-state index in [4.69, 9.17) is 0 Å². The van der Waals surface area contributed by atoms with Gasteiger partial charge in [-0.2, -0.15) is 0 Å². The van der Waals surface area contributed by atoms with Gasteiger partial charge in [-0.25, -0.2) is 0 Å². The molecule has 0 amide bonds. The number of imidazole rings is 1. The van der Waals surface area contributed by atoms with Gasteiger partial charge in [0.05, 0.1) is 22.1 Å². The van der Waals surface area contributed by atoms with Crippen LogP contribution in [0.4, 0.5) is 17.1 Å². The van der Waals surface area contributed by atoms with Crippen LogP contribution in [0.15, 0.2) is 127 Å². The minimum atomic E-state index is 1.14.